The lowest BCUT2D eigenvalue weighted by atomic mass is 10.1. The number of benzene rings is 1. The van der Waals surface area contributed by atoms with E-state index in [0.29, 0.717) is 0 Å². The van der Waals surface area contributed by atoms with Gasteiger partial charge in [0.25, 0.3) is 0 Å². The van der Waals surface area contributed by atoms with Crippen LogP contribution in [-0.2, 0) is 10.0 Å². The molecular weight excluding hydrogens is 321 g/mol. The van der Waals surface area contributed by atoms with Gasteiger partial charge in [0.2, 0.25) is 10.0 Å². The van der Waals surface area contributed by atoms with E-state index in [4.69, 9.17) is 23.2 Å². The maximum atomic E-state index is 12.7. The number of aliphatic hydroxyl groups is 1. The van der Waals surface area contributed by atoms with Crippen molar-refractivity contribution in [1.29, 1.82) is 0 Å². The van der Waals surface area contributed by atoms with Crippen molar-refractivity contribution in [3.8, 4) is 0 Å². The molecule has 20 heavy (non-hydrogen) atoms. The van der Waals surface area contributed by atoms with Gasteiger partial charge in [-0.2, -0.15) is 4.31 Å². The first-order valence-electron chi connectivity index (χ1n) is 6.15. The number of sulfonamides is 1. The van der Waals surface area contributed by atoms with Gasteiger partial charge >= 0.3 is 0 Å². The number of hydrogen-bond donors (Lipinski definition) is 1. The Kier molecular flexibility index (Phi) is 5.49. The number of rotatable bonds is 5. The molecule has 0 bridgehead atoms. The van der Waals surface area contributed by atoms with Crippen LogP contribution in [0.3, 0.4) is 0 Å². The highest BCUT2D eigenvalue weighted by molar-refractivity contribution is 7.89. The molecule has 1 aromatic carbocycles. The summed E-state index contributed by atoms with van der Waals surface area (Å²) in [5.74, 6) is 0. The summed E-state index contributed by atoms with van der Waals surface area (Å²) in [4.78, 5) is -0.124. The molecule has 0 fully saturated rings. The molecule has 0 aliphatic carbocycles. The first-order chi connectivity index (χ1) is 8.97. The lowest BCUT2D eigenvalue weighted by Crippen LogP contribution is -2.45. The van der Waals surface area contributed by atoms with Crippen molar-refractivity contribution in [2.24, 2.45) is 0 Å². The quantitative estimate of drug-likeness (QED) is 0.896. The monoisotopic (exact) mass is 339 g/mol. The summed E-state index contributed by atoms with van der Waals surface area (Å²) in [6, 6.07) is 4.20. The van der Waals surface area contributed by atoms with Crippen molar-refractivity contribution < 1.29 is 13.5 Å². The molecule has 0 unspecified atom stereocenters. The Morgan fingerprint density at radius 2 is 1.70 bits per heavy atom. The van der Waals surface area contributed by atoms with Crippen LogP contribution in [0, 0.1) is 0 Å². The summed E-state index contributed by atoms with van der Waals surface area (Å²) in [6.45, 7) is 6.51. The molecule has 0 amide bonds. The summed E-state index contributed by atoms with van der Waals surface area (Å²) in [5, 5.41) is 10.1. The van der Waals surface area contributed by atoms with Crippen molar-refractivity contribution in [3.63, 3.8) is 0 Å². The van der Waals surface area contributed by atoms with E-state index in [1.165, 1.54) is 16.4 Å². The van der Waals surface area contributed by atoms with Crippen molar-refractivity contribution in [3.05, 3.63) is 28.2 Å². The molecule has 114 valence electrons. The van der Waals surface area contributed by atoms with E-state index in [9.17, 15) is 13.5 Å². The fraction of sp³-hybridized carbons (Fsp3) is 0.538. The molecule has 0 saturated carbocycles. The summed E-state index contributed by atoms with van der Waals surface area (Å²) in [7, 11) is -3.89. The molecule has 0 aliphatic heterocycles. The van der Waals surface area contributed by atoms with Gasteiger partial charge in [0.15, 0.2) is 0 Å². The third-order valence-corrected chi connectivity index (χ3v) is 5.58. The molecule has 0 aromatic heterocycles. The Morgan fingerprint density at radius 3 is 2.05 bits per heavy atom. The van der Waals surface area contributed by atoms with E-state index in [0.717, 1.165) is 0 Å². The molecule has 0 saturated heterocycles. The molecule has 0 spiro atoms. The minimum Gasteiger partial charge on any atom is -0.389 e. The van der Waals surface area contributed by atoms with Crippen molar-refractivity contribution >= 4 is 33.2 Å². The van der Waals surface area contributed by atoms with Crippen molar-refractivity contribution in [1.82, 2.24) is 4.31 Å². The van der Waals surface area contributed by atoms with Gasteiger partial charge in [0.05, 0.1) is 15.6 Å². The Bertz CT molecular complexity index is 560. The minimum absolute atomic E-state index is 0.0471. The molecule has 0 atom stereocenters. The average Bonchev–Trinajstić information content (AvgIpc) is 2.23. The summed E-state index contributed by atoms with van der Waals surface area (Å²) < 4.78 is 26.7. The topological polar surface area (TPSA) is 57.6 Å². The van der Waals surface area contributed by atoms with Crippen LogP contribution >= 0.6 is 23.2 Å². The maximum Gasteiger partial charge on any atom is 0.246 e. The molecule has 0 aliphatic rings. The van der Waals surface area contributed by atoms with Gasteiger partial charge in [-0.25, -0.2) is 8.42 Å². The Morgan fingerprint density at radius 1 is 1.25 bits per heavy atom. The van der Waals surface area contributed by atoms with Gasteiger partial charge < -0.3 is 5.11 Å². The minimum atomic E-state index is -3.89. The van der Waals surface area contributed by atoms with E-state index in [1.807, 2.05) is 0 Å². The van der Waals surface area contributed by atoms with E-state index >= 15 is 0 Å². The zero-order chi connectivity index (χ0) is 15.7. The molecule has 7 heteroatoms. The summed E-state index contributed by atoms with van der Waals surface area (Å²) >= 11 is 12.0. The average molecular weight is 340 g/mol. The summed E-state index contributed by atoms with van der Waals surface area (Å²) in [6.07, 6.45) is 0. The van der Waals surface area contributed by atoms with Gasteiger partial charge in [-0.3, -0.25) is 0 Å². The van der Waals surface area contributed by atoms with E-state index < -0.39 is 15.6 Å². The van der Waals surface area contributed by atoms with Crippen LogP contribution in [0.2, 0.25) is 10.0 Å². The Labute approximate surface area is 130 Å². The highest BCUT2D eigenvalue weighted by Gasteiger charge is 2.34. The highest BCUT2D eigenvalue weighted by Crippen LogP contribution is 2.32. The molecule has 1 N–H and O–H groups in total. The van der Waals surface area contributed by atoms with Gasteiger partial charge in [0.1, 0.15) is 4.90 Å². The molecule has 1 rings (SSSR count). The predicted molar refractivity (Wildman–Crippen MR) is 81.8 cm³/mol. The van der Waals surface area contributed by atoms with E-state index in [2.05, 4.69) is 0 Å². The van der Waals surface area contributed by atoms with E-state index in [-0.39, 0.29) is 27.5 Å². The first-order valence-corrected chi connectivity index (χ1v) is 8.34. The molecule has 4 nitrogen and oxygen atoms in total. The Balaban J connectivity index is 3.38. The van der Waals surface area contributed by atoms with Crippen LogP contribution < -0.4 is 0 Å². The van der Waals surface area contributed by atoms with Crippen LogP contribution in [0.5, 0.6) is 0 Å². The van der Waals surface area contributed by atoms with Crippen LogP contribution in [0.4, 0.5) is 0 Å². The highest BCUT2D eigenvalue weighted by atomic mass is 35.5. The fourth-order valence-corrected chi connectivity index (χ4v) is 4.66. The number of halogens is 2. The lowest BCUT2D eigenvalue weighted by Gasteiger charge is -2.31. The summed E-state index contributed by atoms with van der Waals surface area (Å²) in [5.41, 5.74) is -1.16. The molecule has 0 radical (unpaired) electrons. The second-order valence-corrected chi connectivity index (χ2v) is 8.15. The van der Waals surface area contributed by atoms with Crippen LogP contribution in [0.1, 0.15) is 27.7 Å². The van der Waals surface area contributed by atoms with Gasteiger partial charge in [-0.15, -0.1) is 0 Å². The smallest absolute Gasteiger partial charge is 0.246 e. The third-order valence-electron chi connectivity index (χ3n) is 2.60. The standard InChI is InChI=1S/C13H19Cl2NO3S/c1-9(2)16(8-13(3,4)17)20(18,19)12-10(14)6-5-7-11(12)15/h5-7,9,17H,8H2,1-4H3. The number of nitrogens with zero attached hydrogens (tertiary/aromatic N) is 1. The molecular formula is C13H19Cl2NO3S. The normalized spacial score (nSPS) is 13.2. The lowest BCUT2D eigenvalue weighted by molar-refractivity contribution is 0.0532. The molecule has 1 aromatic rings. The SMILES string of the molecule is CC(C)N(CC(C)(C)O)S(=O)(=O)c1c(Cl)cccc1Cl. The van der Waals surface area contributed by atoms with Crippen LogP contribution in [0.15, 0.2) is 23.1 Å². The number of hydrogen-bond acceptors (Lipinski definition) is 3. The van der Waals surface area contributed by atoms with Crippen molar-refractivity contribution in [2.75, 3.05) is 6.54 Å². The second kappa shape index (κ2) is 6.20. The van der Waals surface area contributed by atoms with Gasteiger partial charge in [-0.1, -0.05) is 29.3 Å². The van der Waals surface area contributed by atoms with Gasteiger partial charge in [0, 0.05) is 12.6 Å². The zero-order valence-corrected chi connectivity index (χ0v) is 14.2. The van der Waals surface area contributed by atoms with Crippen LogP contribution in [0.25, 0.3) is 0 Å². The van der Waals surface area contributed by atoms with Crippen LogP contribution in [-0.4, -0.2) is 36.0 Å². The molecule has 0 heterocycles. The van der Waals surface area contributed by atoms with Crippen molar-refractivity contribution in [2.45, 2.75) is 44.2 Å². The zero-order valence-electron chi connectivity index (χ0n) is 11.9. The first kappa shape index (κ1) is 17.7. The van der Waals surface area contributed by atoms with Gasteiger partial charge in [-0.05, 0) is 39.8 Å². The third kappa shape index (κ3) is 4.09. The second-order valence-electron chi connectivity index (χ2n) is 5.51. The fourth-order valence-electron chi connectivity index (χ4n) is 1.77. The largest absolute Gasteiger partial charge is 0.389 e. The maximum absolute atomic E-state index is 12.7. The van der Waals surface area contributed by atoms with E-state index in [1.54, 1.807) is 33.8 Å². The Hall–Kier alpha value is -0.330. The predicted octanol–water partition coefficient (Wildman–Crippen LogP) is 3.16.